The van der Waals surface area contributed by atoms with Gasteiger partial charge in [0.15, 0.2) is 5.78 Å². The predicted octanol–water partition coefficient (Wildman–Crippen LogP) is 6.95. The summed E-state index contributed by atoms with van der Waals surface area (Å²) < 4.78 is 0. The predicted molar refractivity (Wildman–Crippen MR) is 125 cm³/mol. The Bertz CT molecular complexity index is 1290. The van der Waals surface area contributed by atoms with Gasteiger partial charge in [0.1, 0.15) is 5.69 Å². The molecular formula is C27H21IrN2O2-. The van der Waals surface area contributed by atoms with Crippen molar-refractivity contribution in [3.63, 3.8) is 0 Å². The fraction of sp³-hybridized carbons (Fsp3) is 0.0741. The first-order valence-electron chi connectivity index (χ1n) is 9.70. The van der Waals surface area contributed by atoms with Gasteiger partial charge in [0.2, 0.25) is 0 Å². The van der Waals surface area contributed by atoms with Gasteiger partial charge in [-0.05, 0) is 36.7 Å². The standard InChI is InChI=1S/C22H13N2.C5H8O2.Ir/c1-23-18-11-7-10-17(14-18)22-15-20(16-8-3-2-4-9-16)19-12-5-6-13-21(19)24-22;1-4(6)3-5(2)7;/h2-9,11-15H;3,6H,1-2H3;/q-1;;/b;4-3-;. The molecule has 0 saturated carbocycles. The summed E-state index contributed by atoms with van der Waals surface area (Å²) >= 11 is 0. The number of ketones is 1. The SMILES string of the molecule is CC(=O)/C=C(/C)O.[C-]#[N+]c1cc[c-]c(-c2cc(-c3ccccc3)c3ccccc3n2)c1.[Ir]. The van der Waals surface area contributed by atoms with Gasteiger partial charge in [0.05, 0.1) is 17.8 Å². The molecule has 5 heteroatoms. The topological polar surface area (TPSA) is 54.5 Å². The van der Waals surface area contributed by atoms with Gasteiger partial charge in [-0.1, -0.05) is 54.6 Å². The molecule has 32 heavy (non-hydrogen) atoms. The monoisotopic (exact) mass is 598 g/mol. The molecule has 0 unspecified atom stereocenters. The molecule has 0 aliphatic heterocycles. The summed E-state index contributed by atoms with van der Waals surface area (Å²) in [6.07, 6.45) is 1.17. The molecule has 0 fully saturated rings. The number of aromatic nitrogens is 1. The van der Waals surface area contributed by atoms with Crippen LogP contribution in [0, 0.1) is 12.6 Å². The number of aliphatic hydroxyl groups is 1. The minimum Gasteiger partial charge on any atom is -0.512 e. The molecule has 3 aromatic carbocycles. The van der Waals surface area contributed by atoms with E-state index in [1.807, 2.05) is 42.5 Å². The number of hydrogen-bond acceptors (Lipinski definition) is 3. The van der Waals surface area contributed by atoms with E-state index < -0.39 is 0 Å². The molecule has 4 rings (SSSR count). The van der Waals surface area contributed by atoms with Crippen LogP contribution >= 0.6 is 0 Å². The van der Waals surface area contributed by atoms with Crippen LogP contribution in [0.5, 0.6) is 0 Å². The molecule has 0 spiro atoms. The zero-order valence-corrected chi connectivity index (χ0v) is 20.1. The molecule has 0 bridgehead atoms. The number of hydrogen-bond donors (Lipinski definition) is 1. The van der Waals surface area contributed by atoms with E-state index in [1.54, 1.807) is 12.1 Å². The smallest absolute Gasteiger partial charge is 0.155 e. The van der Waals surface area contributed by atoms with E-state index in [-0.39, 0.29) is 31.6 Å². The Hall–Kier alpha value is -3.58. The Balaban J connectivity index is 0.000000398. The molecule has 1 radical (unpaired) electrons. The number of nitrogens with zero attached hydrogens (tertiary/aromatic N) is 2. The molecule has 0 saturated heterocycles. The fourth-order valence-corrected chi connectivity index (χ4v) is 3.14. The number of benzene rings is 3. The van der Waals surface area contributed by atoms with E-state index in [0.717, 1.165) is 33.3 Å². The fourth-order valence-electron chi connectivity index (χ4n) is 3.14. The van der Waals surface area contributed by atoms with Crippen molar-refractivity contribution in [2.24, 2.45) is 0 Å². The van der Waals surface area contributed by atoms with E-state index in [2.05, 4.69) is 35.2 Å². The zero-order valence-electron chi connectivity index (χ0n) is 17.7. The average molecular weight is 598 g/mol. The summed E-state index contributed by atoms with van der Waals surface area (Å²) in [5.74, 6) is -0.0625. The third-order valence-corrected chi connectivity index (χ3v) is 4.40. The summed E-state index contributed by atoms with van der Waals surface area (Å²) in [6, 6.07) is 29.1. The second-order valence-electron chi connectivity index (χ2n) is 6.91. The Morgan fingerprint density at radius 2 is 1.72 bits per heavy atom. The minimum atomic E-state index is -0.125. The van der Waals surface area contributed by atoms with Crippen molar-refractivity contribution in [1.82, 2.24) is 4.98 Å². The number of para-hydroxylation sites is 1. The Labute approximate surface area is 201 Å². The van der Waals surface area contributed by atoms with Crippen molar-refractivity contribution in [3.05, 3.63) is 108 Å². The summed E-state index contributed by atoms with van der Waals surface area (Å²) in [7, 11) is 0. The van der Waals surface area contributed by atoms with Gasteiger partial charge in [-0.3, -0.25) is 14.6 Å². The van der Waals surface area contributed by atoms with Crippen molar-refractivity contribution < 1.29 is 30.0 Å². The molecular weight excluding hydrogens is 577 g/mol. The third kappa shape index (κ3) is 6.46. The number of allylic oxidation sites excluding steroid dienone is 2. The molecule has 0 atom stereocenters. The Morgan fingerprint density at radius 1 is 1.03 bits per heavy atom. The molecule has 0 aliphatic rings. The summed E-state index contributed by atoms with van der Waals surface area (Å²) in [5, 5.41) is 9.48. The van der Waals surface area contributed by atoms with Crippen molar-refractivity contribution in [2.75, 3.05) is 0 Å². The van der Waals surface area contributed by atoms with Crippen LogP contribution in [0.3, 0.4) is 0 Å². The van der Waals surface area contributed by atoms with Crippen molar-refractivity contribution in [2.45, 2.75) is 13.8 Å². The van der Waals surface area contributed by atoms with Crippen LogP contribution < -0.4 is 0 Å². The largest absolute Gasteiger partial charge is 0.512 e. The number of aliphatic hydroxyl groups excluding tert-OH is 1. The zero-order chi connectivity index (χ0) is 22.2. The molecule has 1 aromatic heterocycles. The Kier molecular flexibility index (Phi) is 9.04. The van der Waals surface area contributed by atoms with Gasteiger partial charge in [-0.15, -0.1) is 23.8 Å². The van der Waals surface area contributed by atoms with Crippen LogP contribution in [-0.2, 0) is 24.9 Å². The normalized spacial score (nSPS) is 10.3. The van der Waals surface area contributed by atoms with E-state index in [4.69, 9.17) is 16.7 Å². The second-order valence-corrected chi connectivity index (χ2v) is 6.91. The van der Waals surface area contributed by atoms with Gasteiger partial charge in [-0.25, -0.2) is 0 Å². The first-order chi connectivity index (χ1) is 15.0. The van der Waals surface area contributed by atoms with Crippen LogP contribution in [0.25, 0.3) is 38.1 Å². The Morgan fingerprint density at radius 3 is 2.34 bits per heavy atom. The molecule has 161 valence electrons. The molecule has 1 N–H and O–H groups in total. The van der Waals surface area contributed by atoms with E-state index in [1.165, 1.54) is 19.9 Å². The van der Waals surface area contributed by atoms with Gasteiger partial charge >= 0.3 is 0 Å². The number of carbonyl (C=O) groups excluding carboxylic acids is 1. The van der Waals surface area contributed by atoms with Crippen LogP contribution in [0.4, 0.5) is 5.69 Å². The first kappa shape index (κ1) is 24.7. The van der Waals surface area contributed by atoms with E-state index >= 15 is 0 Å². The van der Waals surface area contributed by atoms with Gasteiger partial charge in [0.25, 0.3) is 0 Å². The number of fused-ring (bicyclic) bond motifs is 1. The molecule has 1 heterocycles. The van der Waals surface area contributed by atoms with E-state index in [9.17, 15) is 4.79 Å². The van der Waals surface area contributed by atoms with Crippen molar-refractivity contribution >= 4 is 22.4 Å². The first-order valence-corrected chi connectivity index (χ1v) is 9.70. The number of rotatable bonds is 3. The number of pyridine rings is 1. The summed E-state index contributed by atoms with van der Waals surface area (Å²) in [6.45, 7) is 10.0. The van der Waals surface area contributed by atoms with Crippen LogP contribution in [0.15, 0.2) is 90.7 Å². The number of carbonyl (C=O) groups is 1. The maximum absolute atomic E-state index is 10.0. The average Bonchev–Trinajstić information content (AvgIpc) is 2.78. The second kappa shape index (κ2) is 11.7. The quantitative estimate of drug-likeness (QED) is 0.158. The summed E-state index contributed by atoms with van der Waals surface area (Å²) in [5.41, 5.74) is 5.50. The van der Waals surface area contributed by atoms with Crippen molar-refractivity contribution in [3.8, 4) is 22.4 Å². The van der Waals surface area contributed by atoms with Crippen molar-refractivity contribution in [1.29, 1.82) is 0 Å². The van der Waals surface area contributed by atoms with E-state index in [0.29, 0.717) is 5.69 Å². The molecule has 0 aliphatic carbocycles. The maximum atomic E-state index is 10.0. The summed E-state index contributed by atoms with van der Waals surface area (Å²) in [4.78, 5) is 18.3. The molecule has 0 amide bonds. The van der Waals surface area contributed by atoms with Crippen LogP contribution in [0.2, 0.25) is 0 Å². The van der Waals surface area contributed by atoms with Crippen LogP contribution in [0.1, 0.15) is 13.8 Å². The molecule has 4 aromatic rings. The van der Waals surface area contributed by atoms with Gasteiger partial charge in [0, 0.05) is 31.6 Å². The third-order valence-electron chi connectivity index (χ3n) is 4.40. The van der Waals surface area contributed by atoms with Gasteiger partial charge in [-0.2, -0.15) is 6.07 Å². The molecule has 4 nitrogen and oxygen atoms in total. The van der Waals surface area contributed by atoms with Gasteiger partial charge < -0.3 is 5.11 Å². The minimum absolute atomic E-state index is 0. The maximum Gasteiger partial charge on any atom is 0.155 e. The van der Waals surface area contributed by atoms with Crippen LogP contribution in [-0.4, -0.2) is 15.9 Å².